The number of carboxylic acids is 1. The monoisotopic (exact) mass is 404 g/mol. The van der Waals surface area contributed by atoms with E-state index in [1.165, 1.54) is 24.8 Å². The van der Waals surface area contributed by atoms with Crippen LogP contribution in [0.2, 0.25) is 0 Å². The summed E-state index contributed by atoms with van der Waals surface area (Å²) in [6, 6.07) is 19.0. The summed E-state index contributed by atoms with van der Waals surface area (Å²) in [4.78, 5) is 10.9. The number of nitrogens with one attached hydrogen (secondary N) is 2. The molecule has 2 saturated carbocycles. The zero-order valence-electron chi connectivity index (χ0n) is 17.7. The summed E-state index contributed by atoms with van der Waals surface area (Å²) >= 11 is 0. The molecule has 4 rings (SSSR count). The highest BCUT2D eigenvalue weighted by Gasteiger charge is 2.39. The van der Waals surface area contributed by atoms with E-state index in [0.29, 0.717) is 23.6 Å². The lowest BCUT2D eigenvalue weighted by molar-refractivity contribution is 0.0697. The largest absolute Gasteiger partial charge is 0.478 e. The highest BCUT2D eigenvalue weighted by atomic mass is 16.4. The Balaban J connectivity index is 1.14. The molecular formula is C26H32N2O2. The standard InChI is InChI=1S/C26H32N2O2/c1-2-21(12-18-6-4-3-5-7-18)24-15-25(24)28-17-20-13-23(14-20)27-16-19-8-10-22(11-9-19)26(29)30/h3-12,20,23-25,27-28H,2,13-17H2,1H3,(H,29,30)/b21-12+/t20?,23?,24-,25+/m0/s1. The molecule has 0 saturated heterocycles. The lowest BCUT2D eigenvalue weighted by Crippen LogP contribution is -2.44. The predicted octanol–water partition coefficient (Wildman–Crippen LogP) is 4.72. The van der Waals surface area contributed by atoms with Gasteiger partial charge >= 0.3 is 5.97 Å². The molecule has 2 fully saturated rings. The molecular weight excluding hydrogens is 372 g/mol. The summed E-state index contributed by atoms with van der Waals surface area (Å²) in [5.41, 5.74) is 4.36. The first-order valence-corrected chi connectivity index (χ1v) is 11.2. The molecule has 4 nitrogen and oxygen atoms in total. The van der Waals surface area contributed by atoms with E-state index < -0.39 is 5.97 Å². The number of carboxylic acid groups (broad SMARTS) is 1. The molecule has 0 aromatic heterocycles. The van der Waals surface area contributed by atoms with Crippen LogP contribution in [0.15, 0.2) is 60.2 Å². The lowest BCUT2D eigenvalue weighted by atomic mass is 9.80. The van der Waals surface area contributed by atoms with Crippen molar-refractivity contribution in [3.63, 3.8) is 0 Å². The Morgan fingerprint density at radius 2 is 1.77 bits per heavy atom. The van der Waals surface area contributed by atoms with Gasteiger partial charge in [-0.1, -0.05) is 61.0 Å². The maximum absolute atomic E-state index is 10.9. The molecule has 0 heterocycles. The van der Waals surface area contributed by atoms with Gasteiger partial charge < -0.3 is 15.7 Å². The smallest absolute Gasteiger partial charge is 0.335 e. The normalized spacial score (nSPS) is 25.6. The Hall–Kier alpha value is -2.43. The van der Waals surface area contributed by atoms with E-state index in [2.05, 4.69) is 54.0 Å². The van der Waals surface area contributed by atoms with Crippen molar-refractivity contribution < 1.29 is 9.90 Å². The first kappa shape index (κ1) is 20.8. The average Bonchev–Trinajstić information content (AvgIpc) is 3.51. The summed E-state index contributed by atoms with van der Waals surface area (Å²) in [5, 5.41) is 16.4. The summed E-state index contributed by atoms with van der Waals surface area (Å²) in [6.45, 7) is 4.19. The van der Waals surface area contributed by atoms with Crippen molar-refractivity contribution in [2.45, 2.75) is 51.2 Å². The quantitative estimate of drug-likeness (QED) is 0.536. The van der Waals surface area contributed by atoms with Crippen molar-refractivity contribution in [2.24, 2.45) is 11.8 Å². The Morgan fingerprint density at radius 1 is 1.03 bits per heavy atom. The van der Waals surface area contributed by atoms with Gasteiger partial charge in [-0.25, -0.2) is 4.79 Å². The number of hydrogen-bond donors (Lipinski definition) is 3. The minimum Gasteiger partial charge on any atom is -0.478 e. The third-order valence-corrected chi connectivity index (χ3v) is 6.53. The molecule has 0 amide bonds. The molecule has 2 aromatic rings. The molecule has 2 atom stereocenters. The molecule has 30 heavy (non-hydrogen) atoms. The second kappa shape index (κ2) is 9.59. The number of carbonyl (C=O) groups is 1. The Bertz CT molecular complexity index is 870. The molecule has 0 bridgehead atoms. The molecule has 4 heteroatoms. The third kappa shape index (κ3) is 5.38. The van der Waals surface area contributed by atoms with E-state index in [4.69, 9.17) is 5.11 Å². The van der Waals surface area contributed by atoms with Gasteiger partial charge in [0.05, 0.1) is 5.56 Å². The fraction of sp³-hybridized carbons (Fsp3) is 0.423. The van der Waals surface area contributed by atoms with Crippen LogP contribution in [-0.4, -0.2) is 29.7 Å². The van der Waals surface area contributed by atoms with Crippen LogP contribution >= 0.6 is 0 Å². The van der Waals surface area contributed by atoms with Gasteiger partial charge in [0.15, 0.2) is 0 Å². The highest BCUT2D eigenvalue weighted by molar-refractivity contribution is 5.87. The minimum absolute atomic E-state index is 0.344. The third-order valence-electron chi connectivity index (χ3n) is 6.53. The van der Waals surface area contributed by atoms with Crippen LogP contribution < -0.4 is 10.6 Å². The van der Waals surface area contributed by atoms with Gasteiger partial charge in [-0.2, -0.15) is 0 Å². The van der Waals surface area contributed by atoms with Crippen molar-refractivity contribution in [3.8, 4) is 0 Å². The van der Waals surface area contributed by atoms with Gasteiger partial charge in [-0.15, -0.1) is 0 Å². The van der Waals surface area contributed by atoms with Crippen molar-refractivity contribution in [3.05, 3.63) is 76.9 Å². The molecule has 158 valence electrons. The van der Waals surface area contributed by atoms with Crippen LogP contribution in [0.25, 0.3) is 6.08 Å². The van der Waals surface area contributed by atoms with Crippen molar-refractivity contribution >= 4 is 12.0 Å². The zero-order valence-corrected chi connectivity index (χ0v) is 17.7. The SMILES string of the molecule is CC/C(=C\c1ccccc1)[C@@H]1C[C@H]1NCC1CC(NCc2ccc(C(=O)O)cc2)C1. The number of benzene rings is 2. The van der Waals surface area contributed by atoms with Gasteiger partial charge in [-0.05, 0) is 67.3 Å². The van der Waals surface area contributed by atoms with Gasteiger partial charge in [0.2, 0.25) is 0 Å². The van der Waals surface area contributed by atoms with Crippen LogP contribution in [0.1, 0.15) is 54.1 Å². The fourth-order valence-electron chi connectivity index (χ4n) is 4.48. The molecule has 0 spiro atoms. The molecule has 0 aliphatic heterocycles. The van der Waals surface area contributed by atoms with Crippen LogP contribution in [0.3, 0.4) is 0 Å². The second-order valence-corrected chi connectivity index (χ2v) is 8.76. The number of hydrogen-bond acceptors (Lipinski definition) is 3. The highest BCUT2D eigenvalue weighted by Crippen LogP contribution is 2.40. The van der Waals surface area contributed by atoms with E-state index in [0.717, 1.165) is 31.0 Å². The van der Waals surface area contributed by atoms with Gasteiger partial charge in [0, 0.05) is 18.6 Å². The molecule has 0 radical (unpaired) electrons. The minimum atomic E-state index is -0.872. The Labute approximate surface area is 179 Å². The second-order valence-electron chi connectivity index (χ2n) is 8.76. The van der Waals surface area contributed by atoms with E-state index in [1.807, 2.05) is 12.1 Å². The molecule has 0 unspecified atom stereocenters. The van der Waals surface area contributed by atoms with Crippen LogP contribution in [-0.2, 0) is 6.54 Å². The topological polar surface area (TPSA) is 61.4 Å². The maximum atomic E-state index is 10.9. The van der Waals surface area contributed by atoms with Crippen molar-refractivity contribution in [2.75, 3.05) is 6.54 Å². The Kier molecular flexibility index (Phi) is 6.66. The van der Waals surface area contributed by atoms with E-state index in [9.17, 15) is 4.79 Å². The summed E-state index contributed by atoms with van der Waals surface area (Å²) in [7, 11) is 0. The number of aromatic carboxylic acids is 1. The predicted molar refractivity (Wildman–Crippen MR) is 121 cm³/mol. The number of rotatable bonds is 10. The van der Waals surface area contributed by atoms with Crippen LogP contribution in [0.5, 0.6) is 0 Å². The summed E-state index contributed by atoms with van der Waals surface area (Å²) in [5.74, 6) is 0.600. The molecule has 2 aliphatic rings. The average molecular weight is 405 g/mol. The first-order chi connectivity index (χ1) is 14.6. The van der Waals surface area contributed by atoms with Gasteiger partial charge in [0.1, 0.15) is 0 Å². The van der Waals surface area contributed by atoms with Gasteiger partial charge in [-0.3, -0.25) is 0 Å². The van der Waals surface area contributed by atoms with E-state index in [1.54, 1.807) is 17.7 Å². The summed E-state index contributed by atoms with van der Waals surface area (Å²) in [6.07, 6.45) is 7.21. The first-order valence-electron chi connectivity index (χ1n) is 11.2. The van der Waals surface area contributed by atoms with Crippen LogP contribution in [0, 0.1) is 11.8 Å². The van der Waals surface area contributed by atoms with E-state index >= 15 is 0 Å². The molecule has 2 aromatic carbocycles. The summed E-state index contributed by atoms with van der Waals surface area (Å²) < 4.78 is 0. The molecule has 3 N–H and O–H groups in total. The van der Waals surface area contributed by atoms with E-state index in [-0.39, 0.29) is 0 Å². The van der Waals surface area contributed by atoms with Crippen LogP contribution in [0.4, 0.5) is 0 Å². The lowest BCUT2D eigenvalue weighted by Gasteiger charge is -2.36. The van der Waals surface area contributed by atoms with Crippen molar-refractivity contribution in [1.29, 1.82) is 0 Å². The molecule has 2 aliphatic carbocycles. The van der Waals surface area contributed by atoms with Gasteiger partial charge in [0.25, 0.3) is 0 Å². The maximum Gasteiger partial charge on any atom is 0.335 e. The Morgan fingerprint density at radius 3 is 2.43 bits per heavy atom. The van der Waals surface area contributed by atoms with Crippen molar-refractivity contribution in [1.82, 2.24) is 10.6 Å². The fourth-order valence-corrected chi connectivity index (χ4v) is 4.48. The zero-order chi connectivity index (χ0) is 20.9.